The second kappa shape index (κ2) is 7.13. The molecule has 2 rings (SSSR count). The van der Waals surface area contributed by atoms with Gasteiger partial charge in [0.05, 0.1) is 48.7 Å². The van der Waals surface area contributed by atoms with Gasteiger partial charge in [-0.2, -0.15) is 5.26 Å². The van der Waals surface area contributed by atoms with Crippen molar-refractivity contribution in [3.8, 4) is 6.07 Å². The summed E-state index contributed by atoms with van der Waals surface area (Å²) in [6.07, 6.45) is 0. The van der Waals surface area contributed by atoms with Crippen molar-refractivity contribution in [1.82, 2.24) is 0 Å². The van der Waals surface area contributed by atoms with Crippen LogP contribution in [0.15, 0.2) is 29.5 Å². The van der Waals surface area contributed by atoms with E-state index in [1.807, 2.05) is 6.07 Å². The van der Waals surface area contributed by atoms with E-state index >= 15 is 0 Å². The van der Waals surface area contributed by atoms with Crippen LogP contribution in [0.1, 0.15) is 5.56 Å². The summed E-state index contributed by atoms with van der Waals surface area (Å²) in [6.45, 7) is -0.122. The lowest BCUT2D eigenvalue weighted by Gasteiger charge is -2.31. The third-order valence-electron chi connectivity index (χ3n) is 3.20. The zero-order valence-corrected chi connectivity index (χ0v) is 13.2. The molecule has 1 aliphatic heterocycles. The molecule has 0 fully saturated rings. The fraction of sp³-hybridized carbons (Fsp3) is 0.267. The third-order valence-corrected chi connectivity index (χ3v) is 3.52. The molecule has 0 atom stereocenters. The molecular weight excluding hydrogens is 324 g/mol. The van der Waals surface area contributed by atoms with Crippen LogP contribution in [0, 0.1) is 11.3 Å². The fourth-order valence-electron chi connectivity index (χ4n) is 2.12. The van der Waals surface area contributed by atoms with Gasteiger partial charge in [0.2, 0.25) is 0 Å². The molecule has 0 saturated heterocycles. The first-order valence-corrected chi connectivity index (χ1v) is 6.86. The molecule has 120 valence electrons. The molecule has 0 aromatic heterocycles. The maximum absolute atomic E-state index is 12.2. The van der Waals surface area contributed by atoms with E-state index < -0.39 is 11.9 Å². The predicted octanol–water partition coefficient (Wildman–Crippen LogP) is 1.61. The minimum atomic E-state index is -0.730. The average Bonchev–Trinajstić information content (AvgIpc) is 2.60. The fourth-order valence-corrected chi connectivity index (χ4v) is 2.34. The largest absolute Gasteiger partial charge is 0.466 e. The van der Waals surface area contributed by atoms with Crippen molar-refractivity contribution >= 4 is 29.2 Å². The second-order valence-corrected chi connectivity index (χ2v) is 4.90. The number of methoxy groups -OCH3 is 2. The summed E-state index contributed by atoms with van der Waals surface area (Å²) < 4.78 is 14.8. The summed E-state index contributed by atoms with van der Waals surface area (Å²) in [5, 5.41) is 9.32. The SMILES string of the molecule is COC(=O)C1=C(C(=O)OC)N(c2cc(C#N)ccc2Cl)COC1. The van der Waals surface area contributed by atoms with Crippen LogP contribution in [0.25, 0.3) is 0 Å². The Morgan fingerprint density at radius 3 is 2.61 bits per heavy atom. The Balaban J connectivity index is 2.62. The predicted molar refractivity (Wildman–Crippen MR) is 80.5 cm³/mol. The van der Waals surface area contributed by atoms with Gasteiger partial charge in [-0.25, -0.2) is 9.59 Å². The normalized spacial score (nSPS) is 14.3. The van der Waals surface area contributed by atoms with Crippen LogP contribution >= 0.6 is 11.6 Å². The van der Waals surface area contributed by atoms with Gasteiger partial charge in [0, 0.05) is 0 Å². The first-order chi connectivity index (χ1) is 11.0. The monoisotopic (exact) mass is 336 g/mol. The first-order valence-electron chi connectivity index (χ1n) is 6.48. The molecule has 1 aromatic rings. The molecule has 0 bridgehead atoms. The number of carbonyl (C=O) groups is 2. The number of esters is 2. The molecule has 1 aromatic carbocycles. The zero-order valence-electron chi connectivity index (χ0n) is 12.5. The van der Waals surface area contributed by atoms with Gasteiger partial charge in [0.15, 0.2) is 0 Å². The van der Waals surface area contributed by atoms with E-state index in [0.717, 1.165) is 0 Å². The van der Waals surface area contributed by atoms with Crippen molar-refractivity contribution in [2.75, 3.05) is 32.5 Å². The van der Waals surface area contributed by atoms with Crippen LogP contribution in [0.3, 0.4) is 0 Å². The van der Waals surface area contributed by atoms with Crippen LogP contribution in [-0.4, -0.2) is 39.5 Å². The second-order valence-electron chi connectivity index (χ2n) is 4.49. The van der Waals surface area contributed by atoms with Gasteiger partial charge in [-0.1, -0.05) is 11.6 Å². The lowest BCUT2D eigenvalue weighted by atomic mass is 10.1. The van der Waals surface area contributed by atoms with Crippen molar-refractivity contribution in [3.05, 3.63) is 40.1 Å². The van der Waals surface area contributed by atoms with E-state index in [4.69, 9.17) is 26.3 Å². The molecule has 0 radical (unpaired) electrons. The smallest absolute Gasteiger partial charge is 0.355 e. The van der Waals surface area contributed by atoms with Crippen LogP contribution in [0.4, 0.5) is 5.69 Å². The lowest BCUT2D eigenvalue weighted by Crippen LogP contribution is -2.39. The molecule has 1 heterocycles. The summed E-state index contributed by atoms with van der Waals surface area (Å²) in [5.74, 6) is -1.44. The van der Waals surface area contributed by atoms with E-state index in [1.54, 1.807) is 6.07 Å². The first kappa shape index (κ1) is 16.8. The van der Waals surface area contributed by atoms with Crippen molar-refractivity contribution in [3.63, 3.8) is 0 Å². The number of anilines is 1. The number of ether oxygens (including phenoxy) is 3. The van der Waals surface area contributed by atoms with Gasteiger partial charge >= 0.3 is 11.9 Å². The number of hydrogen-bond acceptors (Lipinski definition) is 7. The summed E-state index contributed by atoms with van der Waals surface area (Å²) in [7, 11) is 2.40. The van der Waals surface area contributed by atoms with Gasteiger partial charge in [0.25, 0.3) is 0 Å². The maximum Gasteiger partial charge on any atom is 0.355 e. The van der Waals surface area contributed by atoms with E-state index in [2.05, 4.69) is 4.74 Å². The number of carbonyl (C=O) groups excluding carboxylic acids is 2. The van der Waals surface area contributed by atoms with Gasteiger partial charge < -0.3 is 19.1 Å². The Kier molecular flexibility index (Phi) is 5.21. The molecule has 7 nitrogen and oxygen atoms in total. The number of hydrogen-bond donors (Lipinski definition) is 0. The van der Waals surface area contributed by atoms with Crippen molar-refractivity contribution in [2.24, 2.45) is 0 Å². The minimum Gasteiger partial charge on any atom is -0.466 e. The van der Waals surface area contributed by atoms with Gasteiger partial charge in [-0.3, -0.25) is 0 Å². The van der Waals surface area contributed by atoms with Crippen LogP contribution in [0.2, 0.25) is 5.02 Å². The van der Waals surface area contributed by atoms with Crippen molar-refractivity contribution < 1.29 is 23.8 Å². The maximum atomic E-state index is 12.2. The van der Waals surface area contributed by atoms with Crippen LogP contribution in [-0.2, 0) is 23.8 Å². The van der Waals surface area contributed by atoms with Crippen molar-refractivity contribution in [2.45, 2.75) is 0 Å². The summed E-state index contributed by atoms with van der Waals surface area (Å²) in [5.41, 5.74) is 0.692. The number of rotatable bonds is 3. The molecule has 0 saturated carbocycles. The highest BCUT2D eigenvalue weighted by Crippen LogP contribution is 2.33. The van der Waals surface area contributed by atoms with Crippen molar-refractivity contribution in [1.29, 1.82) is 5.26 Å². The van der Waals surface area contributed by atoms with E-state index in [9.17, 15) is 9.59 Å². The molecule has 0 spiro atoms. The van der Waals surface area contributed by atoms with Crippen LogP contribution in [0.5, 0.6) is 0 Å². The Bertz CT molecular complexity index is 723. The molecule has 8 heteroatoms. The third kappa shape index (κ3) is 3.28. The quantitative estimate of drug-likeness (QED) is 0.774. The molecule has 0 N–H and O–H groups in total. The highest BCUT2D eigenvalue weighted by molar-refractivity contribution is 6.33. The molecule has 0 aliphatic carbocycles. The van der Waals surface area contributed by atoms with Gasteiger partial charge in [-0.05, 0) is 18.2 Å². The molecular formula is C15H13ClN2O5. The number of nitrogens with zero attached hydrogens (tertiary/aromatic N) is 2. The number of nitriles is 1. The molecule has 1 aliphatic rings. The topological polar surface area (TPSA) is 88.9 Å². The lowest BCUT2D eigenvalue weighted by molar-refractivity contribution is -0.140. The standard InChI is InChI=1S/C15H13ClN2O5/c1-21-14(19)10-7-23-8-18(13(10)15(20)22-2)12-5-9(6-17)3-4-11(12)16/h3-5H,7-8H2,1-2H3. The Hall–Kier alpha value is -2.56. The van der Waals surface area contributed by atoms with E-state index in [0.29, 0.717) is 16.3 Å². The zero-order chi connectivity index (χ0) is 17.0. The van der Waals surface area contributed by atoms with Crippen LogP contribution < -0.4 is 4.90 Å². The Morgan fingerprint density at radius 2 is 2.00 bits per heavy atom. The molecule has 0 unspecified atom stereocenters. The number of benzene rings is 1. The average molecular weight is 337 g/mol. The Morgan fingerprint density at radius 1 is 1.30 bits per heavy atom. The van der Waals surface area contributed by atoms with E-state index in [-0.39, 0.29) is 24.6 Å². The Labute approximate surface area is 137 Å². The molecule has 23 heavy (non-hydrogen) atoms. The highest BCUT2D eigenvalue weighted by Gasteiger charge is 2.33. The summed E-state index contributed by atoms with van der Waals surface area (Å²) in [4.78, 5) is 25.4. The van der Waals surface area contributed by atoms with E-state index in [1.165, 1.54) is 31.3 Å². The number of halogens is 1. The highest BCUT2D eigenvalue weighted by atomic mass is 35.5. The minimum absolute atomic E-state index is 0.0176. The molecule has 0 amide bonds. The van der Waals surface area contributed by atoms with Gasteiger partial charge in [-0.15, -0.1) is 0 Å². The summed E-state index contributed by atoms with van der Waals surface area (Å²) in [6, 6.07) is 6.55. The van der Waals surface area contributed by atoms with Gasteiger partial charge in [0.1, 0.15) is 12.4 Å². The summed E-state index contributed by atoms with van der Waals surface area (Å²) >= 11 is 6.16.